The second-order valence-corrected chi connectivity index (χ2v) is 7.09. The lowest BCUT2D eigenvalue weighted by Gasteiger charge is -2.14. The lowest BCUT2D eigenvalue weighted by atomic mass is 10.1. The zero-order valence-electron chi connectivity index (χ0n) is 13.0. The molecule has 0 spiro atoms. The van der Waals surface area contributed by atoms with Crippen LogP contribution in [0.25, 0.3) is 6.08 Å². The standard InChI is InChI=1S/C17H17N3OS2/c1-12-14(11-19(2)18-12)10-15-16(21)20(17(22)23-15)9-8-13-6-4-3-5-7-13/h3-7,10-11H,8-9H2,1-2H3. The summed E-state index contributed by atoms with van der Waals surface area (Å²) in [4.78, 5) is 14.9. The summed E-state index contributed by atoms with van der Waals surface area (Å²) in [7, 11) is 1.87. The summed E-state index contributed by atoms with van der Waals surface area (Å²) in [6.45, 7) is 2.54. The van der Waals surface area contributed by atoms with Crippen molar-refractivity contribution in [1.29, 1.82) is 0 Å². The summed E-state index contributed by atoms with van der Waals surface area (Å²) in [5.74, 6) is -0.0146. The van der Waals surface area contributed by atoms with Crippen LogP contribution in [0.15, 0.2) is 41.4 Å². The Kier molecular flexibility index (Phi) is 4.63. The van der Waals surface area contributed by atoms with E-state index in [0.29, 0.717) is 15.8 Å². The molecule has 0 radical (unpaired) electrons. The number of thioether (sulfide) groups is 1. The van der Waals surface area contributed by atoms with Crippen LogP contribution in [0.2, 0.25) is 0 Å². The molecule has 4 nitrogen and oxygen atoms in total. The molecule has 2 heterocycles. The van der Waals surface area contributed by atoms with Gasteiger partial charge in [-0.1, -0.05) is 54.3 Å². The number of carbonyl (C=O) groups excluding carboxylic acids is 1. The molecule has 118 valence electrons. The summed E-state index contributed by atoms with van der Waals surface area (Å²) in [5, 5.41) is 4.30. The molecule has 1 aliphatic rings. The van der Waals surface area contributed by atoms with Crippen LogP contribution in [0.3, 0.4) is 0 Å². The zero-order valence-corrected chi connectivity index (χ0v) is 14.7. The van der Waals surface area contributed by atoms with Gasteiger partial charge < -0.3 is 0 Å². The van der Waals surface area contributed by atoms with Crippen LogP contribution in [0, 0.1) is 6.92 Å². The van der Waals surface area contributed by atoms with Crippen LogP contribution < -0.4 is 0 Å². The minimum atomic E-state index is -0.0146. The number of amides is 1. The van der Waals surface area contributed by atoms with E-state index < -0.39 is 0 Å². The van der Waals surface area contributed by atoms with Gasteiger partial charge in [0.05, 0.1) is 10.6 Å². The maximum atomic E-state index is 12.6. The molecule has 1 amide bonds. The van der Waals surface area contributed by atoms with Gasteiger partial charge in [-0.15, -0.1) is 0 Å². The molecule has 0 atom stereocenters. The Hall–Kier alpha value is -1.92. The van der Waals surface area contributed by atoms with Gasteiger partial charge in [-0.25, -0.2) is 0 Å². The number of aryl methyl sites for hydroxylation is 2. The van der Waals surface area contributed by atoms with Crippen molar-refractivity contribution in [3.63, 3.8) is 0 Å². The first-order valence-electron chi connectivity index (χ1n) is 7.34. The number of carbonyl (C=O) groups is 1. The highest BCUT2D eigenvalue weighted by atomic mass is 32.2. The molecular formula is C17H17N3OS2. The van der Waals surface area contributed by atoms with E-state index in [1.807, 2.05) is 44.4 Å². The van der Waals surface area contributed by atoms with Gasteiger partial charge in [0.15, 0.2) is 0 Å². The molecule has 6 heteroatoms. The largest absolute Gasteiger partial charge is 0.293 e. The number of nitrogens with zero attached hydrogens (tertiary/aromatic N) is 3. The number of thiocarbonyl (C=S) groups is 1. The van der Waals surface area contributed by atoms with Crippen molar-refractivity contribution in [3.05, 3.63) is 58.3 Å². The highest BCUT2D eigenvalue weighted by Gasteiger charge is 2.31. The molecule has 2 aromatic rings. The van der Waals surface area contributed by atoms with Gasteiger partial charge in [0.25, 0.3) is 5.91 Å². The van der Waals surface area contributed by atoms with E-state index in [4.69, 9.17) is 12.2 Å². The number of hydrogen-bond donors (Lipinski definition) is 0. The van der Waals surface area contributed by atoms with Crippen LogP contribution in [0.1, 0.15) is 16.8 Å². The Bertz CT molecular complexity index is 780. The van der Waals surface area contributed by atoms with Crippen molar-refractivity contribution in [2.24, 2.45) is 7.05 Å². The molecule has 0 unspecified atom stereocenters. The predicted octanol–water partition coefficient (Wildman–Crippen LogP) is 3.17. The van der Waals surface area contributed by atoms with E-state index in [0.717, 1.165) is 17.7 Å². The molecule has 1 fully saturated rings. The van der Waals surface area contributed by atoms with Crippen molar-refractivity contribution in [1.82, 2.24) is 14.7 Å². The van der Waals surface area contributed by atoms with Crippen LogP contribution >= 0.6 is 24.0 Å². The molecule has 1 aliphatic heterocycles. The first-order valence-corrected chi connectivity index (χ1v) is 8.56. The molecule has 1 aromatic carbocycles. The summed E-state index contributed by atoms with van der Waals surface area (Å²) < 4.78 is 2.37. The molecule has 0 saturated carbocycles. The first-order chi connectivity index (χ1) is 11.0. The monoisotopic (exact) mass is 343 g/mol. The Morgan fingerprint density at radius 1 is 1.30 bits per heavy atom. The van der Waals surface area contributed by atoms with Crippen molar-refractivity contribution < 1.29 is 4.79 Å². The molecule has 1 aromatic heterocycles. The second kappa shape index (κ2) is 6.68. The van der Waals surface area contributed by atoms with E-state index in [2.05, 4.69) is 17.2 Å². The smallest absolute Gasteiger partial charge is 0.266 e. The Morgan fingerprint density at radius 3 is 2.70 bits per heavy atom. The average Bonchev–Trinajstić information content (AvgIpc) is 2.98. The van der Waals surface area contributed by atoms with Gasteiger partial charge in [-0.05, 0) is 25.0 Å². The van der Waals surface area contributed by atoms with Gasteiger partial charge in [0.1, 0.15) is 4.32 Å². The molecule has 0 bridgehead atoms. The summed E-state index contributed by atoms with van der Waals surface area (Å²) >= 11 is 6.73. The lowest BCUT2D eigenvalue weighted by molar-refractivity contribution is -0.122. The lowest BCUT2D eigenvalue weighted by Crippen LogP contribution is -2.30. The maximum absolute atomic E-state index is 12.6. The fourth-order valence-corrected chi connectivity index (χ4v) is 3.78. The van der Waals surface area contributed by atoms with Crippen LogP contribution in [0.5, 0.6) is 0 Å². The van der Waals surface area contributed by atoms with Gasteiger partial charge >= 0.3 is 0 Å². The molecule has 0 aliphatic carbocycles. The summed E-state index contributed by atoms with van der Waals surface area (Å²) in [6, 6.07) is 10.1. The maximum Gasteiger partial charge on any atom is 0.266 e. The van der Waals surface area contributed by atoms with Gasteiger partial charge in [-0.3, -0.25) is 14.4 Å². The second-order valence-electron chi connectivity index (χ2n) is 5.41. The average molecular weight is 343 g/mol. The third kappa shape index (κ3) is 3.54. The molecule has 23 heavy (non-hydrogen) atoms. The first kappa shape index (κ1) is 16.0. The third-order valence-corrected chi connectivity index (χ3v) is 5.06. The Labute approximate surface area is 145 Å². The van der Waals surface area contributed by atoms with Gasteiger partial charge in [0.2, 0.25) is 0 Å². The predicted molar refractivity (Wildman–Crippen MR) is 98.0 cm³/mol. The number of benzene rings is 1. The van der Waals surface area contributed by atoms with Crippen molar-refractivity contribution in [3.8, 4) is 0 Å². The molecular weight excluding hydrogens is 326 g/mol. The SMILES string of the molecule is Cc1nn(C)cc1C=C1SC(=S)N(CCc2ccccc2)C1=O. The quantitative estimate of drug-likeness (QED) is 0.631. The van der Waals surface area contributed by atoms with E-state index >= 15 is 0 Å². The summed E-state index contributed by atoms with van der Waals surface area (Å²) in [6.07, 6.45) is 4.59. The minimum Gasteiger partial charge on any atom is -0.293 e. The van der Waals surface area contributed by atoms with Gasteiger partial charge in [-0.2, -0.15) is 5.10 Å². The van der Waals surface area contributed by atoms with E-state index in [1.165, 1.54) is 17.3 Å². The number of rotatable bonds is 4. The normalized spacial score (nSPS) is 16.6. The topological polar surface area (TPSA) is 38.1 Å². The van der Waals surface area contributed by atoms with Crippen LogP contribution in [-0.4, -0.2) is 31.5 Å². The Balaban J connectivity index is 1.73. The Morgan fingerprint density at radius 2 is 2.04 bits per heavy atom. The number of aromatic nitrogens is 2. The molecule has 3 rings (SSSR count). The highest BCUT2D eigenvalue weighted by Crippen LogP contribution is 2.32. The number of hydrogen-bond acceptors (Lipinski definition) is 4. The van der Waals surface area contributed by atoms with E-state index in [-0.39, 0.29) is 5.91 Å². The van der Waals surface area contributed by atoms with Gasteiger partial charge in [0, 0.05) is 25.4 Å². The van der Waals surface area contributed by atoms with E-state index in [9.17, 15) is 4.79 Å². The fourth-order valence-electron chi connectivity index (χ4n) is 2.48. The summed E-state index contributed by atoms with van der Waals surface area (Å²) in [5.41, 5.74) is 3.06. The molecule has 0 N–H and O–H groups in total. The van der Waals surface area contributed by atoms with E-state index in [1.54, 1.807) is 9.58 Å². The molecule has 1 saturated heterocycles. The minimum absolute atomic E-state index is 0.0146. The third-order valence-electron chi connectivity index (χ3n) is 3.68. The fraction of sp³-hybridized carbons (Fsp3) is 0.235. The van der Waals surface area contributed by atoms with Crippen molar-refractivity contribution in [2.45, 2.75) is 13.3 Å². The highest BCUT2D eigenvalue weighted by molar-refractivity contribution is 8.26. The van der Waals surface area contributed by atoms with Crippen LogP contribution in [0.4, 0.5) is 0 Å². The van der Waals surface area contributed by atoms with Crippen molar-refractivity contribution >= 4 is 40.3 Å². The zero-order chi connectivity index (χ0) is 16.4. The van der Waals surface area contributed by atoms with Crippen LogP contribution in [-0.2, 0) is 18.3 Å². The van der Waals surface area contributed by atoms with Crippen molar-refractivity contribution in [2.75, 3.05) is 6.54 Å².